The van der Waals surface area contributed by atoms with Crippen molar-refractivity contribution < 1.29 is 18.0 Å². The van der Waals surface area contributed by atoms with Crippen LogP contribution in [0.2, 0.25) is 0 Å². The minimum absolute atomic E-state index is 0.0459. The fourth-order valence-electron chi connectivity index (χ4n) is 2.40. The summed E-state index contributed by atoms with van der Waals surface area (Å²) in [5.74, 6) is -1.09. The van der Waals surface area contributed by atoms with Gasteiger partial charge in [0, 0.05) is 16.5 Å². The number of para-hydroxylation sites is 1. The third-order valence-electron chi connectivity index (χ3n) is 3.54. The number of nitrogens with one attached hydrogen (secondary N) is 1. The van der Waals surface area contributed by atoms with Crippen LogP contribution in [0.1, 0.15) is 16.8 Å². The number of amides is 2. The van der Waals surface area contributed by atoms with E-state index in [2.05, 4.69) is 21.2 Å². The molecule has 2 aromatic carbocycles. The largest absolute Gasteiger partial charge is 0.321 e. The van der Waals surface area contributed by atoms with Crippen LogP contribution in [-0.4, -0.2) is 26.0 Å². The average molecular weight is 409 g/mol. The molecule has 0 unspecified atom stereocenters. The van der Waals surface area contributed by atoms with E-state index < -0.39 is 21.8 Å². The molecule has 0 atom stereocenters. The van der Waals surface area contributed by atoms with Gasteiger partial charge in [0.2, 0.25) is 15.9 Å². The molecule has 2 aromatic rings. The van der Waals surface area contributed by atoms with Crippen molar-refractivity contribution in [3.63, 3.8) is 0 Å². The van der Waals surface area contributed by atoms with Crippen molar-refractivity contribution in [2.75, 3.05) is 15.4 Å². The molecule has 0 aromatic heterocycles. The second-order valence-electron chi connectivity index (χ2n) is 5.21. The Balaban J connectivity index is 1.90. The summed E-state index contributed by atoms with van der Waals surface area (Å²) in [5, 5.41) is 2.74. The zero-order valence-electron chi connectivity index (χ0n) is 12.4. The van der Waals surface area contributed by atoms with Gasteiger partial charge in [0.05, 0.1) is 17.1 Å². The summed E-state index contributed by atoms with van der Waals surface area (Å²) in [6.45, 7) is 0. The maximum Gasteiger partial charge on any atom is 0.255 e. The van der Waals surface area contributed by atoms with Crippen molar-refractivity contribution in [2.24, 2.45) is 0 Å². The molecular formula is C16H13BrN2O4S. The molecule has 0 aliphatic carbocycles. The van der Waals surface area contributed by atoms with Gasteiger partial charge in [-0.25, -0.2) is 12.7 Å². The molecule has 1 saturated heterocycles. The summed E-state index contributed by atoms with van der Waals surface area (Å²) >= 11 is 3.34. The summed E-state index contributed by atoms with van der Waals surface area (Å²) in [7, 11) is -3.65. The number of benzene rings is 2. The average Bonchev–Trinajstić information content (AvgIpc) is 2.83. The molecule has 0 bridgehead atoms. The van der Waals surface area contributed by atoms with Gasteiger partial charge in [-0.05, 0) is 46.3 Å². The fourth-order valence-corrected chi connectivity index (χ4v) is 4.23. The normalized spacial score (nSPS) is 16.2. The minimum Gasteiger partial charge on any atom is -0.321 e. The van der Waals surface area contributed by atoms with Crippen molar-refractivity contribution >= 4 is 49.1 Å². The zero-order chi connectivity index (χ0) is 17.3. The Morgan fingerprint density at radius 2 is 1.88 bits per heavy atom. The van der Waals surface area contributed by atoms with Gasteiger partial charge in [0.15, 0.2) is 0 Å². The van der Waals surface area contributed by atoms with Crippen molar-refractivity contribution in [1.82, 2.24) is 0 Å². The van der Waals surface area contributed by atoms with Crippen LogP contribution in [0.5, 0.6) is 0 Å². The number of anilines is 2. The van der Waals surface area contributed by atoms with E-state index in [0.29, 0.717) is 5.69 Å². The predicted octanol–water partition coefficient (Wildman–Crippen LogP) is 2.77. The summed E-state index contributed by atoms with van der Waals surface area (Å²) in [4.78, 5) is 24.2. The lowest BCUT2D eigenvalue weighted by molar-refractivity contribution is -0.116. The van der Waals surface area contributed by atoms with Crippen LogP contribution in [-0.2, 0) is 14.8 Å². The highest BCUT2D eigenvalue weighted by Gasteiger charge is 2.36. The maximum absolute atomic E-state index is 12.4. The van der Waals surface area contributed by atoms with Crippen LogP contribution in [0.3, 0.4) is 0 Å². The number of nitrogens with zero attached hydrogens (tertiary/aromatic N) is 1. The lowest BCUT2D eigenvalue weighted by atomic mass is 10.1. The Labute approximate surface area is 147 Å². The Morgan fingerprint density at radius 1 is 1.12 bits per heavy atom. The second kappa shape index (κ2) is 6.37. The van der Waals surface area contributed by atoms with Gasteiger partial charge in [0.25, 0.3) is 5.91 Å². The van der Waals surface area contributed by atoms with Crippen LogP contribution in [0.25, 0.3) is 0 Å². The number of hydrogen-bond acceptors (Lipinski definition) is 4. The van der Waals surface area contributed by atoms with Crippen LogP contribution in [0.4, 0.5) is 11.4 Å². The molecule has 1 fully saturated rings. The Hall–Kier alpha value is -2.19. The van der Waals surface area contributed by atoms with E-state index in [1.807, 2.05) is 6.07 Å². The van der Waals surface area contributed by atoms with Crippen LogP contribution in [0.15, 0.2) is 53.0 Å². The van der Waals surface area contributed by atoms with Gasteiger partial charge in [-0.2, -0.15) is 0 Å². The first-order chi connectivity index (χ1) is 11.4. The summed E-state index contributed by atoms with van der Waals surface area (Å²) in [5.41, 5.74) is 1.04. The van der Waals surface area contributed by atoms with Gasteiger partial charge in [-0.1, -0.05) is 18.2 Å². The molecule has 1 N–H and O–H groups in total. The minimum atomic E-state index is -3.65. The summed E-state index contributed by atoms with van der Waals surface area (Å²) < 4.78 is 25.5. The number of halogens is 1. The molecule has 124 valence electrons. The highest BCUT2D eigenvalue weighted by atomic mass is 79.9. The van der Waals surface area contributed by atoms with Crippen molar-refractivity contribution in [1.29, 1.82) is 0 Å². The van der Waals surface area contributed by atoms with Crippen molar-refractivity contribution in [3.05, 3.63) is 58.6 Å². The third kappa shape index (κ3) is 3.20. The van der Waals surface area contributed by atoms with E-state index in [1.54, 1.807) is 30.3 Å². The van der Waals surface area contributed by atoms with E-state index in [4.69, 9.17) is 0 Å². The standard InChI is InChI=1S/C16H13BrN2O4S/c17-13-6-1-2-7-14(13)18-16(21)11-4-3-5-12(10-11)19-15(20)8-9-24(19,22)23/h1-7,10H,8-9H2,(H,18,21). The third-order valence-corrected chi connectivity index (χ3v) is 5.93. The maximum atomic E-state index is 12.4. The molecule has 0 saturated carbocycles. The monoisotopic (exact) mass is 408 g/mol. The quantitative estimate of drug-likeness (QED) is 0.845. The Bertz CT molecular complexity index is 927. The smallest absolute Gasteiger partial charge is 0.255 e. The van der Waals surface area contributed by atoms with Crippen LogP contribution in [0, 0.1) is 0 Å². The van der Waals surface area contributed by atoms with E-state index in [1.165, 1.54) is 12.1 Å². The summed E-state index contributed by atoms with van der Waals surface area (Å²) in [6, 6.07) is 13.1. The van der Waals surface area contributed by atoms with Gasteiger partial charge in [-0.3, -0.25) is 9.59 Å². The molecule has 8 heteroatoms. The second-order valence-corrected chi connectivity index (χ2v) is 8.00. The zero-order valence-corrected chi connectivity index (χ0v) is 14.8. The lowest BCUT2D eigenvalue weighted by Gasteiger charge is -2.16. The number of sulfonamides is 1. The molecule has 24 heavy (non-hydrogen) atoms. The molecule has 1 aliphatic rings. The van der Waals surface area contributed by atoms with E-state index in [9.17, 15) is 18.0 Å². The number of carbonyl (C=O) groups excluding carboxylic acids is 2. The van der Waals surface area contributed by atoms with E-state index >= 15 is 0 Å². The Morgan fingerprint density at radius 3 is 2.54 bits per heavy atom. The molecule has 0 radical (unpaired) electrons. The number of hydrogen-bond donors (Lipinski definition) is 1. The first kappa shape index (κ1) is 16.7. The first-order valence-electron chi connectivity index (χ1n) is 7.10. The van der Waals surface area contributed by atoms with Crippen LogP contribution < -0.4 is 9.62 Å². The number of rotatable bonds is 3. The van der Waals surface area contributed by atoms with E-state index in [-0.39, 0.29) is 23.4 Å². The lowest BCUT2D eigenvalue weighted by Crippen LogP contribution is -2.29. The van der Waals surface area contributed by atoms with Crippen molar-refractivity contribution in [2.45, 2.75) is 6.42 Å². The van der Waals surface area contributed by atoms with Gasteiger partial charge in [-0.15, -0.1) is 0 Å². The van der Waals surface area contributed by atoms with Gasteiger partial charge in [0.1, 0.15) is 0 Å². The predicted molar refractivity (Wildman–Crippen MR) is 94.4 cm³/mol. The van der Waals surface area contributed by atoms with E-state index in [0.717, 1.165) is 8.78 Å². The highest BCUT2D eigenvalue weighted by molar-refractivity contribution is 9.10. The molecule has 1 aliphatic heterocycles. The Kier molecular flexibility index (Phi) is 4.42. The molecule has 1 heterocycles. The number of carbonyl (C=O) groups is 2. The molecule has 3 rings (SSSR count). The fraction of sp³-hybridized carbons (Fsp3) is 0.125. The first-order valence-corrected chi connectivity index (χ1v) is 9.50. The SMILES string of the molecule is O=C(Nc1ccccc1Br)c1cccc(N2C(=O)CCS2(=O)=O)c1. The molecule has 0 spiro atoms. The van der Waals surface area contributed by atoms with Gasteiger partial charge < -0.3 is 5.32 Å². The highest BCUT2D eigenvalue weighted by Crippen LogP contribution is 2.27. The van der Waals surface area contributed by atoms with Gasteiger partial charge >= 0.3 is 0 Å². The van der Waals surface area contributed by atoms with Crippen molar-refractivity contribution in [3.8, 4) is 0 Å². The topological polar surface area (TPSA) is 83.6 Å². The molecule has 6 nitrogen and oxygen atoms in total. The van der Waals surface area contributed by atoms with Crippen LogP contribution >= 0.6 is 15.9 Å². The molecular weight excluding hydrogens is 396 g/mol. The summed E-state index contributed by atoms with van der Waals surface area (Å²) in [6.07, 6.45) is -0.0459. The molecule has 2 amide bonds.